The lowest BCUT2D eigenvalue weighted by Gasteiger charge is -2.18. The maximum Gasteiger partial charge on any atom is 0.321 e. The molecule has 0 radical (unpaired) electrons. The summed E-state index contributed by atoms with van der Waals surface area (Å²) in [7, 11) is 3.10. The first-order valence-electron chi connectivity index (χ1n) is 8.08. The van der Waals surface area contributed by atoms with E-state index in [1.54, 1.807) is 7.11 Å². The van der Waals surface area contributed by atoms with Crippen LogP contribution >= 0.6 is 0 Å². The SMILES string of the molecule is CNC(=O)NC(=O)[C@@H](NCCc1ccc(OC)cc1)c1ccccc1. The predicted octanol–water partition coefficient (Wildman–Crippen LogP) is 2.02. The average molecular weight is 341 g/mol. The Kier molecular flexibility index (Phi) is 6.98. The molecular formula is C19H23N3O3. The van der Waals surface area contributed by atoms with Crippen LogP contribution < -0.4 is 20.7 Å². The summed E-state index contributed by atoms with van der Waals surface area (Å²) in [5.41, 5.74) is 1.94. The van der Waals surface area contributed by atoms with Gasteiger partial charge in [-0.15, -0.1) is 0 Å². The normalized spacial score (nSPS) is 11.4. The van der Waals surface area contributed by atoms with Crippen molar-refractivity contribution in [2.75, 3.05) is 20.7 Å². The smallest absolute Gasteiger partial charge is 0.321 e. The van der Waals surface area contributed by atoms with E-state index in [-0.39, 0.29) is 5.91 Å². The number of rotatable bonds is 7. The van der Waals surface area contributed by atoms with Gasteiger partial charge >= 0.3 is 6.03 Å². The first-order valence-corrected chi connectivity index (χ1v) is 8.08. The van der Waals surface area contributed by atoms with Crippen LogP contribution in [0.25, 0.3) is 0 Å². The third-order valence-electron chi connectivity index (χ3n) is 3.78. The molecule has 0 heterocycles. The Hall–Kier alpha value is -2.86. The summed E-state index contributed by atoms with van der Waals surface area (Å²) in [6.45, 7) is 0.590. The molecule has 132 valence electrons. The van der Waals surface area contributed by atoms with Crippen molar-refractivity contribution in [2.45, 2.75) is 12.5 Å². The van der Waals surface area contributed by atoms with Gasteiger partial charge in [-0.2, -0.15) is 0 Å². The molecule has 0 fully saturated rings. The summed E-state index contributed by atoms with van der Waals surface area (Å²) in [6, 6.07) is 16.0. The van der Waals surface area contributed by atoms with Gasteiger partial charge in [-0.1, -0.05) is 42.5 Å². The molecule has 0 aliphatic heterocycles. The molecule has 0 aliphatic carbocycles. The monoisotopic (exact) mass is 341 g/mol. The van der Waals surface area contributed by atoms with Crippen molar-refractivity contribution >= 4 is 11.9 Å². The third-order valence-corrected chi connectivity index (χ3v) is 3.78. The van der Waals surface area contributed by atoms with Crippen LogP contribution in [0.2, 0.25) is 0 Å². The van der Waals surface area contributed by atoms with Gasteiger partial charge in [-0.05, 0) is 29.7 Å². The summed E-state index contributed by atoms with van der Waals surface area (Å²) >= 11 is 0. The van der Waals surface area contributed by atoms with E-state index >= 15 is 0 Å². The van der Waals surface area contributed by atoms with Crippen molar-refractivity contribution < 1.29 is 14.3 Å². The van der Waals surface area contributed by atoms with E-state index in [2.05, 4.69) is 16.0 Å². The number of hydrogen-bond donors (Lipinski definition) is 3. The van der Waals surface area contributed by atoms with Gasteiger partial charge in [0.1, 0.15) is 11.8 Å². The number of amides is 3. The van der Waals surface area contributed by atoms with Crippen LogP contribution in [-0.2, 0) is 11.2 Å². The number of carbonyl (C=O) groups excluding carboxylic acids is 2. The average Bonchev–Trinajstić information content (AvgIpc) is 2.66. The van der Waals surface area contributed by atoms with Crippen molar-refractivity contribution in [1.82, 2.24) is 16.0 Å². The van der Waals surface area contributed by atoms with E-state index in [9.17, 15) is 9.59 Å². The van der Waals surface area contributed by atoms with E-state index in [1.165, 1.54) is 7.05 Å². The van der Waals surface area contributed by atoms with Crippen molar-refractivity contribution in [1.29, 1.82) is 0 Å². The molecule has 0 unspecified atom stereocenters. The highest BCUT2D eigenvalue weighted by molar-refractivity contribution is 5.97. The predicted molar refractivity (Wildman–Crippen MR) is 96.5 cm³/mol. The van der Waals surface area contributed by atoms with Crippen LogP contribution in [0.3, 0.4) is 0 Å². The largest absolute Gasteiger partial charge is 0.497 e. The topological polar surface area (TPSA) is 79.5 Å². The van der Waals surface area contributed by atoms with Gasteiger partial charge in [-0.25, -0.2) is 4.79 Å². The number of methoxy groups -OCH3 is 1. The van der Waals surface area contributed by atoms with Crippen molar-refractivity contribution in [2.24, 2.45) is 0 Å². The molecule has 0 saturated carbocycles. The molecule has 6 heteroatoms. The summed E-state index contributed by atoms with van der Waals surface area (Å²) in [5, 5.41) is 7.93. The number of nitrogens with one attached hydrogen (secondary N) is 3. The molecule has 3 N–H and O–H groups in total. The maximum absolute atomic E-state index is 12.4. The van der Waals surface area contributed by atoms with Gasteiger partial charge in [0.2, 0.25) is 5.91 Å². The standard InChI is InChI=1S/C19H23N3O3/c1-20-19(24)22-18(23)17(15-6-4-3-5-7-15)21-13-12-14-8-10-16(25-2)11-9-14/h3-11,17,21H,12-13H2,1-2H3,(H2,20,22,23,24)/t17-/m0/s1. The van der Waals surface area contributed by atoms with Crippen molar-refractivity contribution in [3.8, 4) is 5.75 Å². The molecule has 0 bridgehead atoms. The number of hydrogen-bond acceptors (Lipinski definition) is 4. The molecule has 0 aromatic heterocycles. The highest BCUT2D eigenvalue weighted by Gasteiger charge is 2.21. The number of imide groups is 1. The second-order valence-electron chi connectivity index (χ2n) is 5.46. The molecule has 6 nitrogen and oxygen atoms in total. The quantitative estimate of drug-likeness (QED) is 0.720. The number of benzene rings is 2. The van der Waals surface area contributed by atoms with Crippen LogP contribution in [0.1, 0.15) is 17.2 Å². The summed E-state index contributed by atoms with van der Waals surface area (Å²) in [4.78, 5) is 23.8. The summed E-state index contributed by atoms with van der Waals surface area (Å²) in [5.74, 6) is 0.420. The second-order valence-corrected chi connectivity index (χ2v) is 5.46. The number of carbonyl (C=O) groups is 2. The first kappa shape index (κ1) is 18.5. The third kappa shape index (κ3) is 5.61. The Morgan fingerprint density at radius 2 is 1.72 bits per heavy atom. The van der Waals surface area contributed by atoms with E-state index in [0.29, 0.717) is 6.54 Å². The van der Waals surface area contributed by atoms with Crippen LogP contribution in [0.4, 0.5) is 4.79 Å². The molecular weight excluding hydrogens is 318 g/mol. The van der Waals surface area contributed by atoms with E-state index in [0.717, 1.165) is 23.3 Å². The van der Waals surface area contributed by atoms with Crippen molar-refractivity contribution in [3.05, 3.63) is 65.7 Å². The van der Waals surface area contributed by atoms with Gasteiger partial charge in [0.25, 0.3) is 0 Å². The fourth-order valence-electron chi connectivity index (χ4n) is 2.41. The fraction of sp³-hybridized carbons (Fsp3) is 0.263. The van der Waals surface area contributed by atoms with Gasteiger partial charge in [0.15, 0.2) is 0 Å². The Bertz CT molecular complexity index is 687. The molecule has 0 saturated heterocycles. The second kappa shape index (κ2) is 9.44. The Labute approximate surface area is 147 Å². The van der Waals surface area contributed by atoms with Crippen LogP contribution in [-0.4, -0.2) is 32.6 Å². The molecule has 2 rings (SSSR count). The summed E-state index contributed by atoms with van der Waals surface area (Å²) in [6.07, 6.45) is 0.751. The van der Waals surface area contributed by atoms with Gasteiger partial charge in [0, 0.05) is 13.6 Å². The van der Waals surface area contributed by atoms with Gasteiger partial charge < -0.3 is 15.4 Å². The molecule has 2 aromatic rings. The first-order chi connectivity index (χ1) is 12.1. The fourth-order valence-corrected chi connectivity index (χ4v) is 2.41. The van der Waals surface area contributed by atoms with Crippen LogP contribution in [0.15, 0.2) is 54.6 Å². The Morgan fingerprint density at radius 1 is 1.04 bits per heavy atom. The Balaban J connectivity index is 2.00. The van der Waals surface area contributed by atoms with E-state index in [4.69, 9.17) is 4.74 Å². The summed E-state index contributed by atoms with van der Waals surface area (Å²) < 4.78 is 5.14. The van der Waals surface area contributed by atoms with Crippen molar-refractivity contribution in [3.63, 3.8) is 0 Å². The molecule has 25 heavy (non-hydrogen) atoms. The minimum absolute atomic E-state index is 0.389. The van der Waals surface area contributed by atoms with Crippen LogP contribution in [0, 0.1) is 0 Å². The number of ether oxygens (including phenoxy) is 1. The van der Waals surface area contributed by atoms with Crippen LogP contribution in [0.5, 0.6) is 5.75 Å². The minimum atomic E-state index is -0.600. The lowest BCUT2D eigenvalue weighted by Crippen LogP contribution is -2.44. The number of urea groups is 1. The molecule has 0 aliphatic rings. The van der Waals surface area contributed by atoms with Gasteiger partial charge in [-0.3, -0.25) is 10.1 Å². The van der Waals surface area contributed by atoms with E-state index < -0.39 is 12.1 Å². The minimum Gasteiger partial charge on any atom is -0.497 e. The highest BCUT2D eigenvalue weighted by atomic mass is 16.5. The zero-order valence-corrected chi connectivity index (χ0v) is 14.4. The molecule has 2 aromatic carbocycles. The highest BCUT2D eigenvalue weighted by Crippen LogP contribution is 2.14. The molecule has 1 atom stereocenters. The molecule has 0 spiro atoms. The van der Waals surface area contributed by atoms with E-state index in [1.807, 2.05) is 54.6 Å². The lowest BCUT2D eigenvalue weighted by molar-refractivity contribution is -0.122. The lowest BCUT2D eigenvalue weighted by atomic mass is 10.1. The maximum atomic E-state index is 12.4. The zero-order chi connectivity index (χ0) is 18.1. The Morgan fingerprint density at radius 3 is 2.32 bits per heavy atom. The van der Waals surface area contributed by atoms with Gasteiger partial charge in [0.05, 0.1) is 7.11 Å². The zero-order valence-electron chi connectivity index (χ0n) is 14.4. The molecule has 3 amide bonds.